The summed E-state index contributed by atoms with van der Waals surface area (Å²) >= 11 is 3.07. The molecule has 0 radical (unpaired) electrons. The number of ketones is 1. The molecule has 0 heterocycles. The molecule has 0 aromatic heterocycles. The van der Waals surface area contributed by atoms with Crippen LogP contribution in [0, 0.1) is 0 Å². The van der Waals surface area contributed by atoms with Crippen molar-refractivity contribution in [2.75, 3.05) is 32.8 Å². The third-order valence-electron chi connectivity index (χ3n) is 2.53. The molecule has 7 nitrogen and oxygen atoms in total. The minimum absolute atomic E-state index is 0.145. The topological polar surface area (TPSA) is 88.1 Å². The molecule has 120 valence electrons. The van der Waals surface area contributed by atoms with E-state index in [1.54, 1.807) is 0 Å². The first-order valence-corrected chi connectivity index (χ1v) is 7.26. The van der Waals surface area contributed by atoms with E-state index in [9.17, 15) is 14.4 Å². The van der Waals surface area contributed by atoms with Crippen LogP contribution in [0.1, 0.15) is 10.4 Å². The quantitative estimate of drug-likeness (QED) is 0.385. The number of rotatable bonds is 8. The van der Waals surface area contributed by atoms with Gasteiger partial charge in [-0.2, -0.15) is 0 Å². The first kappa shape index (κ1) is 18.0. The number of alkyl halides is 1. The minimum Gasteiger partial charge on any atom is -0.478 e. The Morgan fingerprint density at radius 3 is 2.00 bits per heavy atom. The number of methoxy groups -OCH3 is 2. The molecule has 0 bridgehead atoms. The van der Waals surface area contributed by atoms with Gasteiger partial charge in [0.15, 0.2) is 30.5 Å². The normalized spacial score (nSPS) is 9.77. The Morgan fingerprint density at radius 2 is 1.50 bits per heavy atom. The van der Waals surface area contributed by atoms with Crippen LogP contribution < -0.4 is 9.47 Å². The van der Waals surface area contributed by atoms with Crippen molar-refractivity contribution in [1.29, 1.82) is 0 Å². The lowest BCUT2D eigenvalue weighted by atomic mass is 10.1. The van der Waals surface area contributed by atoms with Crippen molar-refractivity contribution in [3.05, 3.63) is 23.8 Å². The summed E-state index contributed by atoms with van der Waals surface area (Å²) in [5.74, 6) is -0.959. The van der Waals surface area contributed by atoms with Gasteiger partial charge in [-0.1, -0.05) is 15.9 Å². The summed E-state index contributed by atoms with van der Waals surface area (Å²) in [6.45, 7) is -0.673. The molecule has 0 saturated heterocycles. The van der Waals surface area contributed by atoms with E-state index >= 15 is 0 Å². The number of hydrogen-bond acceptors (Lipinski definition) is 7. The molecule has 0 N–H and O–H groups in total. The molecule has 0 spiro atoms. The second-order valence-corrected chi connectivity index (χ2v) is 4.51. The van der Waals surface area contributed by atoms with E-state index in [4.69, 9.17) is 9.47 Å². The maximum atomic E-state index is 11.7. The standard InChI is InChI=1S/C14H15BrO7/c1-19-13(17)7-21-11-4-3-9(10(16)6-15)5-12(11)22-8-14(18)20-2/h3-5H,6-8H2,1-2H3. The number of carbonyl (C=O) groups excluding carboxylic acids is 3. The van der Waals surface area contributed by atoms with Crippen LogP contribution >= 0.6 is 15.9 Å². The van der Waals surface area contributed by atoms with Crippen LogP contribution in [0.3, 0.4) is 0 Å². The highest BCUT2D eigenvalue weighted by molar-refractivity contribution is 9.09. The van der Waals surface area contributed by atoms with Gasteiger partial charge in [0.2, 0.25) is 0 Å². The smallest absolute Gasteiger partial charge is 0.343 e. The zero-order chi connectivity index (χ0) is 16.5. The van der Waals surface area contributed by atoms with E-state index in [-0.39, 0.29) is 35.8 Å². The second kappa shape index (κ2) is 9.04. The largest absolute Gasteiger partial charge is 0.478 e. The predicted molar refractivity (Wildman–Crippen MR) is 79.6 cm³/mol. The third-order valence-corrected chi connectivity index (χ3v) is 3.04. The van der Waals surface area contributed by atoms with E-state index in [2.05, 4.69) is 25.4 Å². The molecule has 1 rings (SSSR count). The Morgan fingerprint density at radius 1 is 0.955 bits per heavy atom. The predicted octanol–water partition coefficient (Wildman–Crippen LogP) is 1.37. The molecule has 1 aromatic rings. The van der Waals surface area contributed by atoms with Crippen LogP contribution in [0.25, 0.3) is 0 Å². The Balaban J connectivity index is 2.94. The Bertz CT molecular complexity index is 556. The van der Waals surface area contributed by atoms with Crippen LogP contribution in [0.15, 0.2) is 18.2 Å². The van der Waals surface area contributed by atoms with Crippen LogP contribution in [0.2, 0.25) is 0 Å². The summed E-state index contributed by atoms with van der Waals surface area (Å²) in [6, 6.07) is 4.44. The van der Waals surface area contributed by atoms with Gasteiger partial charge in [0, 0.05) is 5.56 Å². The third kappa shape index (κ3) is 5.36. The molecule has 1 aromatic carbocycles. The maximum Gasteiger partial charge on any atom is 0.343 e. The molecule has 0 fully saturated rings. The van der Waals surface area contributed by atoms with Crippen molar-refractivity contribution < 1.29 is 33.3 Å². The SMILES string of the molecule is COC(=O)COc1ccc(C(=O)CBr)cc1OCC(=O)OC. The van der Waals surface area contributed by atoms with Crippen LogP contribution in [-0.2, 0) is 19.1 Å². The highest BCUT2D eigenvalue weighted by atomic mass is 79.9. The molecule has 22 heavy (non-hydrogen) atoms. The van der Waals surface area contributed by atoms with Gasteiger partial charge in [-0.3, -0.25) is 4.79 Å². The molecule has 0 saturated carbocycles. The van der Waals surface area contributed by atoms with Crippen molar-refractivity contribution in [3.8, 4) is 11.5 Å². The average molecular weight is 375 g/mol. The second-order valence-electron chi connectivity index (χ2n) is 3.95. The van der Waals surface area contributed by atoms with Crippen molar-refractivity contribution in [3.63, 3.8) is 0 Å². The molecule has 0 unspecified atom stereocenters. The molecule has 0 aliphatic heterocycles. The van der Waals surface area contributed by atoms with Gasteiger partial charge in [0.25, 0.3) is 0 Å². The Labute approximate surface area is 135 Å². The fourth-order valence-electron chi connectivity index (χ4n) is 1.38. The van der Waals surface area contributed by atoms with Gasteiger partial charge in [-0.25, -0.2) is 9.59 Å². The number of esters is 2. The van der Waals surface area contributed by atoms with E-state index in [0.29, 0.717) is 5.56 Å². The molecular weight excluding hydrogens is 360 g/mol. The highest BCUT2D eigenvalue weighted by Gasteiger charge is 2.14. The van der Waals surface area contributed by atoms with Crippen LogP contribution in [-0.4, -0.2) is 50.5 Å². The van der Waals surface area contributed by atoms with E-state index in [1.165, 1.54) is 32.4 Å². The number of benzene rings is 1. The summed E-state index contributed by atoms with van der Waals surface area (Å²) in [5.41, 5.74) is 0.377. The van der Waals surface area contributed by atoms with Crippen molar-refractivity contribution in [2.45, 2.75) is 0 Å². The molecule has 0 aliphatic carbocycles. The number of Topliss-reactive ketones (excluding diaryl/α,β-unsaturated/α-hetero) is 1. The zero-order valence-electron chi connectivity index (χ0n) is 12.1. The summed E-state index contributed by atoms with van der Waals surface area (Å²) in [6.07, 6.45) is 0. The fourth-order valence-corrected chi connectivity index (χ4v) is 1.71. The van der Waals surface area contributed by atoms with Crippen molar-refractivity contribution in [2.24, 2.45) is 0 Å². The van der Waals surface area contributed by atoms with Gasteiger partial charge < -0.3 is 18.9 Å². The lowest BCUT2D eigenvalue weighted by Crippen LogP contribution is -2.16. The highest BCUT2D eigenvalue weighted by Crippen LogP contribution is 2.29. The lowest BCUT2D eigenvalue weighted by molar-refractivity contribution is -0.144. The molecule has 0 amide bonds. The van der Waals surface area contributed by atoms with Crippen molar-refractivity contribution >= 4 is 33.7 Å². The Kier molecular flexibility index (Phi) is 7.38. The summed E-state index contributed by atoms with van der Waals surface area (Å²) in [7, 11) is 2.46. The van der Waals surface area contributed by atoms with E-state index < -0.39 is 11.9 Å². The number of halogens is 1. The monoisotopic (exact) mass is 374 g/mol. The summed E-state index contributed by atoms with van der Waals surface area (Å²) < 4.78 is 19.5. The minimum atomic E-state index is -0.587. The maximum absolute atomic E-state index is 11.7. The molecule has 8 heteroatoms. The van der Waals surface area contributed by atoms with Gasteiger partial charge in [0.05, 0.1) is 19.5 Å². The van der Waals surface area contributed by atoms with Crippen molar-refractivity contribution in [1.82, 2.24) is 0 Å². The van der Waals surface area contributed by atoms with Gasteiger partial charge in [0.1, 0.15) is 0 Å². The summed E-state index contributed by atoms with van der Waals surface area (Å²) in [4.78, 5) is 33.9. The van der Waals surface area contributed by atoms with Crippen LogP contribution in [0.4, 0.5) is 0 Å². The lowest BCUT2D eigenvalue weighted by Gasteiger charge is -2.12. The van der Waals surface area contributed by atoms with E-state index in [1.807, 2.05) is 0 Å². The van der Waals surface area contributed by atoms with E-state index in [0.717, 1.165) is 0 Å². The van der Waals surface area contributed by atoms with Gasteiger partial charge in [-0.15, -0.1) is 0 Å². The Hall–Kier alpha value is -2.09. The number of carbonyl (C=O) groups is 3. The number of hydrogen-bond donors (Lipinski definition) is 0. The molecular formula is C14H15BrO7. The summed E-state index contributed by atoms with van der Waals surface area (Å²) in [5, 5.41) is 0.145. The first-order chi connectivity index (χ1) is 10.5. The first-order valence-electron chi connectivity index (χ1n) is 6.14. The van der Waals surface area contributed by atoms with Gasteiger partial charge in [-0.05, 0) is 18.2 Å². The molecule has 0 aliphatic rings. The van der Waals surface area contributed by atoms with Crippen LogP contribution in [0.5, 0.6) is 11.5 Å². The zero-order valence-corrected chi connectivity index (χ0v) is 13.7. The fraction of sp³-hybridized carbons (Fsp3) is 0.357. The van der Waals surface area contributed by atoms with Gasteiger partial charge >= 0.3 is 11.9 Å². The molecule has 0 atom stereocenters. The average Bonchev–Trinajstić information content (AvgIpc) is 2.56. The number of ether oxygens (including phenoxy) is 4.